The number of nitrogens with zero attached hydrogens (tertiary/aromatic N) is 1. The standard InChI is InChI=1S/C21H20N2O7/c1-27-13-7-5-12(6-8-13)23-20(25)16(19(24)22-21(23)26)11-15-17(29-3)9-14(28-2)10-18(15)30-4/h5-11H,1-4H3,(H,22,24,26). The van der Waals surface area contributed by atoms with Crippen molar-refractivity contribution in [3.8, 4) is 23.0 Å². The molecule has 1 N–H and O–H groups in total. The number of hydrogen-bond acceptors (Lipinski definition) is 7. The average molecular weight is 412 g/mol. The lowest BCUT2D eigenvalue weighted by atomic mass is 10.0. The maximum atomic E-state index is 13.1. The molecule has 2 aromatic carbocycles. The van der Waals surface area contributed by atoms with E-state index in [1.165, 1.54) is 46.6 Å². The number of rotatable bonds is 6. The number of amides is 4. The molecule has 0 bridgehead atoms. The van der Waals surface area contributed by atoms with Gasteiger partial charge in [-0.05, 0) is 30.3 Å². The molecule has 0 saturated carbocycles. The second kappa shape index (κ2) is 8.56. The van der Waals surface area contributed by atoms with Crippen molar-refractivity contribution in [2.24, 2.45) is 0 Å². The van der Waals surface area contributed by atoms with Crippen molar-refractivity contribution in [3.63, 3.8) is 0 Å². The van der Waals surface area contributed by atoms with Crippen molar-refractivity contribution in [1.82, 2.24) is 5.32 Å². The second-order valence-corrected chi connectivity index (χ2v) is 6.10. The van der Waals surface area contributed by atoms with E-state index in [4.69, 9.17) is 18.9 Å². The van der Waals surface area contributed by atoms with Crippen LogP contribution in [0.25, 0.3) is 6.08 Å². The Balaban J connectivity index is 2.08. The largest absolute Gasteiger partial charge is 0.497 e. The van der Waals surface area contributed by atoms with Crippen molar-refractivity contribution in [2.75, 3.05) is 33.3 Å². The average Bonchev–Trinajstić information content (AvgIpc) is 2.76. The second-order valence-electron chi connectivity index (χ2n) is 6.10. The monoisotopic (exact) mass is 412 g/mol. The van der Waals surface area contributed by atoms with Gasteiger partial charge in [-0.15, -0.1) is 0 Å². The van der Waals surface area contributed by atoms with Crippen molar-refractivity contribution in [1.29, 1.82) is 0 Å². The molecule has 0 atom stereocenters. The van der Waals surface area contributed by atoms with Gasteiger partial charge in [-0.25, -0.2) is 9.69 Å². The number of urea groups is 1. The van der Waals surface area contributed by atoms with Gasteiger partial charge in [0.25, 0.3) is 11.8 Å². The van der Waals surface area contributed by atoms with E-state index in [9.17, 15) is 14.4 Å². The summed E-state index contributed by atoms with van der Waals surface area (Å²) < 4.78 is 21.0. The zero-order valence-electron chi connectivity index (χ0n) is 16.8. The van der Waals surface area contributed by atoms with Gasteiger partial charge in [-0.3, -0.25) is 14.9 Å². The van der Waals surface area contributed by atoms with Crippen LogP contribution in [-0.2, 0) is 9.59 Å². The Bertz CT molecular complexity index is 1000. The van der Waals surface area contributed by atoms with E-state index in [0.717, 1.165) is 4.90 Å². The number of carbonyl (C=O) groups excluding carboxylic acids is 3. The van der Waals surface area contributed by atoms with E-state index in [2.05, 4.69) is 5.32 Å². The maximum Gasteiger partial charge on any atom is 0.335 e. The molecule has 9 nitrogen and oxygen atoms in total. The summed E-state index contributed by atoms with van der Waals surface area (Å²) in [4.78, 5) is 38.7. The lowest BCUT2D eigenvalue weighted by Gasteiger charge is -2.26. The van der Waals surface area contributed by atoms with E-state index in [-0.39, 0.29) is 11.3 Å². The van der Waals surface area contributed by atoms with Crippen LogP contribution in [0.4, 0.5) is 10.5 Å². The van der Waals surface area contributed by atoms with Crippen LogP contribution in [-0.4, -0.2) is 46.3 Å². The summed E-state index contributed by atoms with van der Waals surface area (Å²) >= 11 is 0. The van der Waals surface area contributed by atoms with Crippen LogP contribution in [0.3, 0.4) is 0 Å². The number of benzene rings is 2. The third-order valence-electron chi connectivity index (χ3n) is 4.47. The third-order valence-corrected chi connectivity index (χ3v) is 4.47. The van der Waals surface area contributed by atoms with Gasteiger partial charge in [0.2, 0.25) is 0 Å². The first-order chi connectivity index (χ1) is 14.4. The lowest BCUT2D eigenvalue weighted by molar-refractivity contribution is -0.122. The zero-order chi connectivity index (χ0) is 21.8. The van der Waals surface area contributed by atoms with Gasteiger partial charge in [0.1, 0.15) is 28.6 Å². The molecule has 3 rings (SSSR count). The molecule has 1 fully saturated rings. The Morgan fingerprint density at radius 2 is 1.37 bits per heavy atom. The number of barbiturate groups is 1. The first kappa shape index (κ1) is 20.7. The Morgan fingerprint density at radius 3 is 1.87 bits per heavy atom. The Kier molecular flexibility index (Phi) is 5.91. The molecule has 0 spiro atoms. The van der Waals surface area contributed by atoms with Crippen LogP contribution in [0, 0.1) is 0 Å². The Morgan fingerprint density at radius 1 is 0.800 bits per heavy atom. The summed E-state index contributed by atoms with van der Waals surface area (Å²) in [6.45, 7) is 0. The van der Waals surface area contributed by atoms with Crippen molar-refractivity contribution >= 4 is 29.6 Å². The number of nitrogens with one attached hydrogen (secondary N) is 1. The summed E-state index contributed by atoms with van der Waals surface area (Å²) in [5.41, 5.74) is 0.376. The van der Waals surface area contributed by atoms with Gasteiger partial charge in [-0.1, -0.05) is 0 Å². The first-order valence-electron chi connectivity index (χ1n) is 8.79. The fraction of sp³-hybridized carbons (Fsp3) is 0.190. The zero-order valence-corrected chi connectivity index (χ0v) is 16.8. The molecule has 156 valence electrons. The molecule has 1 aliphatic rings. The molecule has 1 aliphatic heterocycles. The SMILES string of the molecule is COc1ccc(N2C(=O)NC(=O)C(=Cc3c(OC)cc(OC)cc3OC)C2=O)cc1. The number of ether oxygens (including phenoxy) is 4. The van der Waals surface area contributed by atoms with Crippen LogP contribution < -0.4 is 29.2 Å². The van der Waals surface area contributed by atoms with Crippen LogP contribution in [0.2, 0.25) is 0 Å². The molecule has 0 radical (unpaired) electrons. The normalized spacial score (nSPS) is 15.1. The number of carbonyl (C=O) groups is 3. The molecule has 0 aliphatic carbocycles. The highest BCUT2D eigenvalue weighted by Gasteiger charge is 2.37. The van der Waals surface area contributed by atoms with Gasteiger partial charge in [0.05, 0.1) is 39.7 Å². The Labute approximate surface area is 172 Å². The molecule has 30 heavy (non-hydrogen) atoms. The summed E-state index contributed by atoms with van der Waals surface area (Å²) in [6.07, 6.45) is 1.32. The highest BCUT2D eigenvalue weighted by Crippen LogP contribution is 2.36. The van der Waals surface area contributed by atoms with E-state index in [1.54, 1.807) is 24.3 Å². The van der Waals surface area contributed by atoms with Crippen molar-refractivity contribution < 1.29 is 33.3 Å². The Hall–Kier alpha value is -4.01. The van der Waals surface area contributed by atoms with Crippen molar-refractivity contribution in [2.45, 2.75) is 0 Å². The summed E-state index contributed by atoms with van der Waals surface area (Å²) in [5, 5.41) is 2.18. The topological polar surface area (TPSA) is 103 Å². The molecule has 9 heteroatoms. The molecular weight excluding hydrogens is 392 g/mol. The minimum Gasteiger partial charge on any atom is -0.497 e. The third kappa shape index (κ3) is 3.77. The minimum absolute atomic E-state index is 0.257. The van der Waals surface area contributed by atoms with Gasteiger partial charge in [-0.2, -0.15) is 0 Å². The number of methoxy groups -OCH3 is 4. The summed E-state index contributed by atoms with van der Waals surface area (Å²) in [5.74, 6) is 0.0754. The molecule has 0 aromatic heterocycles. The van der Waals surface area contributed by atoms with Gasteiger partial charge < -0.3 is 18.9 Å². The van der Waals surface area contributed by atoms with Crippen LogP contribution in [0.15, 0.2) is 42.0 Å². The predicted octanol–water partition coefficient (Wildman–Crippen LogP) is 2.39. The van der Waals surface area contributed by atoms with Gasteiger partial charge in [0, 0.05) is 12.1 Å². The summed E-state index contributed by atoms with van der Waals surface area (Å²) in [6, 6.07) is 8.62. The first-order valence-corrected chi connectivity index (χ1v) is 8.79. The van der Waals surface area contributed by atoms with E-state index < -0.39 is 17.8 Å². The van der Waals surface area contributed by atoms with Crippen LogP contribution in [0.1, 0.15) is 5.56 Å². The van der Waals surface area contributed by atoms with E-state index in [1.807, 2.05) is 0 Å². The van der Waals surface area contributed by atoms with Crippen LogP contribution in [0.5, 0.6) is 23.0 Å². The van der Waals surface area contributed by atoms with E-state index >= 15 is 0 Å². The van der Waals surface area contributed by atoms with Gasteiger partial charge >= 0.3 is 6.03 Å². The fourth-order valence-electron chi connectivity index (χ4n) is 2.94. The molecule has 1 heterocycles. The molecule has 1 saturated heterocycles. The van der Waals surface area contributed by atoms with E-state index in [0.29, 0.717) is 28.6 Å². The smallest absolute Gasteiger partial charge is 0.335 e. The number of hydrogen-bond donors (Lipinski definition) is 1. The quantitative estimate of drug-likeness (QED) is 0.574. The predicted molar refractivity (Wildman–Crippen MR) is 108 cm³/mol. The molecule has 0 unspecified atom stereocenters. The van der Waals surface area contributed by atoms with Crippen molar-refractivity contribution in [3.05, 3.63) is 47.5 Å². The number of imide groups is 2. The minimum atomic E-state index is -0.846. The maximum absolute atomic E-state index is 13.1. The van der Waals surface area contributed by atoms with Gasteiger partial charge in [0.15, 0.2) is 0 Å². The highest BCUT2D eigenvalue weighted by atomic mass is 16.5. The highest BCUT2D eigenvalue weighted by molar-refractivity contribution is 6.39. The number of anilines is 1. The fourth-order valence-corrected chi connectivity index (χ4v) is 2.94. The molecule has 4 amide bonds. The lowest BCUT2D eigenvalue weighted by Crippen LogP contribution is -2.54. The summed E-state index contributed by atoms with van der Waals surface area (Å²) in [7, 11) is 5.87. The molecular formula is C21H20N2O7. The van der Waals surface area contributed by atoms with Crippen LogP contribution >= 0.6 is 0 Å². The molecule has 2 aromatic rings.